The highest BCUT2D eigenvalue weighted by atomic mass is 79.9. The third-order valence-electron chi connectivity index (χ3n) is 3.57. The van der Waals surface area contributed by atoms with Crippen molar-refractivity contribution in [3.05, 3.63) is 40.8 Å². The SMILES string of the molecule is CN1CC(F)(F)CC1c1ncc(-c2ccc(Br)cc2)[nH]1. The minimum absolute atomic E-state index is 0.184. The van der Waals surface area contributed by atoms with Gasteiger partial charge in [-0.25, -0.2) is 13.8 Å². The largest absolute Gasteiger partial charge is 0.341 e. The lowest BCUT2D eigenvalue weighted by Crippen LogP contribution is -2.22. The van der Waals surface area contributed by atoms with Gasteiger partial charge < -0.3 is 4.98 Å². The van der Waals surface area contributed by atoms with Crippen LogP contribution in [0.5, 0.6) is 0 Å². The van der Waals surface area contributed by atoms with Crippen molar-refractivity contribution in [2.75, 3.05) is 13.6 Å². The monoisotopic (exact) mass is 341 g/mol. The third kappa shape index (κ3) is 2.62. The van der Waals surface area contributed by atoms with E-state index >= 15 is 0 Å². The van der Waals surface area contributed by atoms with Crippen molar-refractivity contribution in [3.63, 3.8) is 0 Å². The summed E-state index contributed by atoms with van der Waals surface area (Å²) < 4.78 is 27.8. The lowest BCUT2D eigenvalue weighted by Gasteiger charge is -2.15. The number of nitrogens with one attached hydrogen (secondary N) is 1. The maximum atomic E-state index is 13.4. The molecule has 20 heavy (non-hydrogen) atoms. The van der Waals surface area contributed by atoms with E-state index < -0.39 is 5.92 Å². The summed E-state index contributed by atoms with van der Waals surface area (Å²) in [5.41, 5.74) is 1.83. The van der Waals surface area contributed by atoms with E-state index in [4.69, 9.17) is 0 Å². The summed E-state index contributed by atoms with van der Waals surface area (Å²) in [6.07, 6.45) is 1.51. The zero-order valence-corrected chi connectivity index (χ0v) is 12.5. The molecule has 1 saturated heterocycles. The van der Waals surface area contributed by atoms with E-state index in [0.717, 1.165) is 15.7 Å². The fraction of sp³-hybridized carbons (Fsp3) is 0.357. The van der Waals surface area contributed by atoms with Crippen molar-refractivity contribution in [3.8, 4) is 11.3 Å². The van der Waals surface area contributed by atoms with E-state index in [1.165, 1.54) is 0 Å². The number of H-pyrrole nitrogens is 1. The topological polar surface area (TPSA) is 31.9 Å². The Balaban J connectivity index is 1.85. The second-order valence-electron chi connectivity index (χ2n) is 5.18. The first kappa shape index (κ1) is 13.7. The van der Waals surface area contributed by atoms with E-state index in [1.807, 2.05) is 24.3 Å². The van der Waals surface area contributed by atoms with Crippen molar-refractivity contribution < 1.29 is 8.78 Å². The van der Waals surface area contributed by atoms with Crippen molar-refractivity contribution in [2.24, 2.45) is 0 Å². The van der Waals surface area contributed by atoms with Crippen LogP contribution in [0, 0.1) is 0 Å². The molecule has 1 N–H and O–H groups in total. The molecule has 1 aromatic carbocycles. The maximum Gasteiger partial charge on any atom is 0.262 e. The first-order chi connectivity index (χ1) is 9.44. The van der Waals surface area contributed by atoms with Crippen LogP contribution in [0.1, 0.15) is 18.3 Å². The molecule has 3 rings (SSSR count). The molecule has 0 saturated carbocycles. The molecule has 2 aromatic rings. The van der Waals surface area contributed by atoms with E-state index in [9.17, 15) is 8.78 Å². The molecule has 0 bridgehead atoms. The Bertz CT molecular complexity index is 609. The summed E-state index contributed by atoms with van der Waals surface area (Å²) in [7, 11) is 1.70. The van der Waals surface area contributed by atoms with Gasteiger partial charge in [0.05, 0.1) is 24.5 Å². The number of likely N-dealkylation sites (tertiary alicyclic amines) is 1. The van der Waals surface area contributed by atoms with Crippen LogP contribution in [0.3, 0.4) is 0 Å². The minimum atomic E-state index is -2.63. The predicted octanol–water partition coefficient (Wildman–Crippen LogP) is 3.85. The van der Waals surface area contributed by atoms with Gasteiger partial charge in [-0.3, -0.25) is 4.90 Å². The number of rotatable bonds is 2. The van der Waals surface area contributed by atoms with Gasteiger partial charge in [-0.1, -0.05) is 28.1 Å². The van der Waals surface area contributed by atoms with Crippen LogP contribution in [0.2, 0.25) is 0 Å². The van der Waals surface area contributed by atoms with Crippen molar-refractivity contribution in [2.45, 2.75) is 18.4 Å². The summed E-state index contributed by atoms with van der Waals surface area (Å²) >= 11 is 3.38. The molecule has 1 aliphatic rings. The number of hydrogen-bond donors (Lipinski definition) is 1. The number of aromatic nitrogens is 2. The summed E-state index contributed by atoms with van der Waals surface area (Å²) in [4.78, 5) is 9.07. The fourth-order valence-electron chi connectivity index (χ4n) is 2.57. The Labute approximate surface area is 124 Å². The minimum Gasteiger partial charge on any atom is -0.341 e. The zero-order chi connectivity index (χ0) is 14.3. The maximum absolute atomic E-state index is 13.4. The lowest BCUT2D eigenvalue weighted by molar-refractivity contribution is 0.0140. The molecule has 0 radical (unpaired) electrons. The van der Waals surface area contributed by atoms with Crippen LogP contribution in [0.25, 0.3) is 11.3 Å². The van der Waals surface area contributed by atoms with Gasteiger partial charge in [0.2, 0.25) is 0 Å². The van der Waals surface area contributed by atoms with Gasteiger partial charge in [0.15, 0.2) is 0 Å². The molecule has 1 unspecified atom stereocenters. The first-order valence-corrected chi connectivity index (χ1v) is 7.13. The van der Waals surface area contributed by atoms with Gasteiger partial charge in [0.25, 0.3) is 5.92 Å². The van der Waals surface area contributed by atoms with Gasteiger partial charge in [-0.05, 0) is 24.7 Å². The molecule has 2 heterocycles. The van der Waals surface area contributed by atoms with Crippen LogP contribution in [0.15, 0.2) is 34.9 Å². The number of alkyl halides is 2. The molecule has 1 aliphatic heterocycles. The highest BCUT2D eigenvalue weighted by Gasteiger charge is 2.44. The van der Waals surface area contributed by atoms with E-state index in [0.29, 0.717) is 5.82 Å². The molecule has 0 spiro atoms. The van der Waals surface area contributed by atoms with Crippen LogP contribution < -0.4 is 0 Å². The number of halogens is 3. The normalized spacial score (nSPS) is 22.3. The second-order valence-corrected chi connectivity index (χ2v) is 6.10. The first-order valence-electron chi connectivity index (χ1n) is 6.33. The fourth-order valence-corrected chi connectivity index (χ4v) is 2.83. The molecular weight excluding hydrogens is 328 g/mol. The Morgan fingerprint density at radius 3 is 2.65 bits per heavy atom. The Kier molecular flexibility index (Phi) is 3.38. The van der Waals surface area contributed by atoms with Gasteiger partial charge in [-0.2, -0.15) is 0 Å². The highest BCUT2D eigenvalue weighted by Crippen LogP contribution is 2.39. The van der Waals surface area contributed by atoms with E-state index in [-0.39, 0.29) is 19.0 Å². The number of imidazole rings is 1. The molecule has 0 amide bonds. The Morgan fingerprint density at radius 1 is 1.35 bits per heavy atom. The standard InChI is InChI=1S/C14H14BrF2N3/c1-20-8-14(16,17)6-12(20)13-18-7-11(19-13)9-2-4-10(15)5-3-9/h2-5,7,12H,6,8H2,1H3,(H,18,19). The molecule has 1 atom stereocenters. The summed E-state index contributed by atoms with van der Waals surface area (Å²) in [5, 5.41) is 0. The molecule has 3 nitrogen and oxygen atoms in total. The van der Waals surface area contributed by atoms with Crippen LogP contribution in [0.4, 0.5) is 8.78 Å². The summed E-state index contributed by atoms with van der Waals surface area (Å²) in [5.74, 6) is -2.04. The average Bonchev–Trinajstić information content (AvgIpc) is 2.94. The van der Waals surface area contributed by atoms with Crippen molar-refractivity contribution in [1.82, 2.24) is 14.9 Å². The molecular formula is C14H14BrF2N3. The molecule has 106 valence electrons. The molecule has 1 fully saturated rings. The lowest BCUT2D eigenvalue weighted by atomic mass is 10.1. The predicted molar refractivity (Wildman–Crippen MR) is 76.7 cm³/mol. The number of benzene rings is 1. The van der Waals surface area contributed by atoms with E-state index in [1.54, 1.807) is 18.1 Å². The number of hydrogen-bond acceptors (Lipinski definition) is 2. The molecule has 6 heteroatoms. The molecule has 0 aliphatic carbocycles. The Hall–Kier alpha value is -1.27. The summed E-state index contributed by atoms with van der Waals surface area (Å²) in [6.45, 7) is -0.216. The Morgan fingerprint density at radius 2 is 2.05 bits per heavy atom. The zero-order valence-electron chi connectivity index (χ0n) is 10.9. The van der Waals surface area contributed by atoms with Crippen LogP contribution >= 0.6 is 15.9 Å². The van der Waals surface area contributed by atoms with E-state index in [2.05, 4.69) is 25.9 Å². The number of aromatic amines is 1. The summed E-state index contributed by atoms with van der Waals surface area (Å²) in [6, 6.07) is 7.43. The van der Waals surface area contributed by atoms with Crippen LogP contribution in [-0.4, -0.2) is 34.4 Å². The van der Waals surface area contributed by atoms with Gasteiger partial charge in [-0.15, -0.1) is 0 Å². The van der Waals surface area contributed by atoms with Gasteiger partial charge >= 0.3 is 0 Å². The van der Waals surface area contributed by atoms with Crippen molar-refractivity contribution in [1.29, 1.82) is 0 Å². The third-order valence-corrected chi connectivity index (χ3v) is 4.10. The van der Waals surface area contributed by atoms with Gasteiger partial charge in [0.1, 0.15) is 5.82 Å². The second kappa shape index (κ2) is 4.93. The van der Waals surface area contributed by atoms with Crippen LogP contribution in [-0.2, 0) is 0 Å². The van der Waals surface area contributed by atoms with Crippen molar-refractivity contribution >= 4 is 15.9 Å². The number of nitrogens with zero attached hydrogens (tertiary/aromatic N) is 2. The smallest absolute Gasteiger partial charge is 0.262 e. The highest BCUT2D eigenvalue weighted by molar-refractivity contribution is 9.10. The quantitative estimate of drug-likeness (QED) is 0.899. The van der Waals surface area contributed by atoms with Gasteiger partial charge in [0, 0.05) is 10.9 Å². The average molecular weight is 342 g/mol. The molecule has 1 aromatic heterocycles.